The molecule has 0 aliphatic rings. The van der Waals surface area contributed by atoms with E-state index in [2.05, 4.69) is 4.98 Å². The van der Waals surface area contributed by atoms with E-state index >= 15 is 0 Å². The Balaban J connectivity index is 1.65. The Labute approximate surface area is 164 Å². The molecule has 1 amide bonds. The topological polar surface area (TPSA) is 85.6 Å². The molecule has 0 saturated carbocycles. The molecule has 3 rings (SSSR count). The maximum atomic E-state index is 12.5. The predicted octanol–water partition coefficient (Wildman–Crippen LogP) is 4.46. The van der Waals surface area contributed by atoms with Crippen LogP contribution in [0.3, 0.4) is 0 Å². The van der Waals surface area contributed by atoms with Gasteiger partial charge in [0.05, 0.1) is 26.2 Å². The third-order valence-corrected chi connectivity index (χ3v) is 5.62. The number of fused-ring (bicyclic) bond motifs is 1. The minimum absolute atomic E-state index is 0.0823. The molecule has 1 aromatic heterocycles. The second-order valence-electron chi connectivity index (χ2n) is 5.86. The fourth-order valence-electron chi connectivity index (χ4n) is 2.41. The molecule has 0 fully saturated rings. The van der Waals surface area contributed by atoms with Gasteiger partial charge in [0.2, 0.25) is 0 Å². The fourth-order valence-corrected chi connectivity index (χ4v) is 3.70. The number of carbonyl (C=O) groups excluding carboxylic acids is 1. The lowest BCUT2D eigenvalue weighted by atomic mass is 10.3. The molecule has 9 heteroatoms. The number of rotatable bonds is 6. The summed E-state index contributed by atoms with van der Waals surface area (Å²) in [5, 5.41) is 11.7. The molecular formula is C18H16ClN3O4S. The van der Waals surface area contributed by atoms with Crippen molar-refractivity contribution in [1.82, 2.24) is 9.88 Å². The van der Waals surface area contributed by atoms with Crippen LogP contribution in [-0.4, -0.2) is 34.4 Å². The summed E-state index contributed by atoms with van der Waals surface area (Å²) in [6.07, 6.45) is 0. The van der Waals surface area contributed by atoms with E-state index in [1.54, 1.807) is 23.3 Å². The van der Waals surface area contributed by atoms with Gasteiger partial charge in [0.25, 0.3) is 11.6 Å². The number of benzene rings is 2. The average molecular weight is 406 g/mol. The van der Waals surface area contributed by atoms with Crippen molar-refractivity contribution >= 4 is 44.7 Å². The number of para-hydroxylation sites is 1. The van der Waals surface area contributed by atoms with Crippen LogP contribution in [-0.2, 0) is 4.79 Å². The number of halogens is 1. The fraction of sp³-hybridized carbons (Fsp3) is 0.222. The number of thiazole rings is 1. The Morgan fingerprint density at radius 2 is 2.11 bits per heavy atom. The van der Waals surface area contributed by atoms with Gasteiger partial charge in [-0.2, -0.15) is 0 Å². The van der Waals surface area contributed by atoms with Crippen LogP contribution >= 0.6 is 22.9 Å². The lowest BCUT2D eigenvalue weighted by Gasteiger charge is -2.23. The van der Waals surface area contributed by atoms with Gasteiger partial charge in [0, 0.05) is 19.2 Å². The highest BCUT2D eigenvalue weighted by molar-refractivity contribution is 7.18. The Hall–Kier alpha value is -2.71. The monoisotopic (exact) mass is 405 g/mol. The summed E-state index contributed by atoms with van der Waals surface area (Å²) in [7, 11) is 1.68. The van der Waals surface area contributed by atoms with Gasteiger partial charge in [0.1, 0.15) is 10.8 Å². The van der Waals surface area contributed by atoms with E-state index in [4.69, 9.17) is 16.3 Å². The normalized spacial score (nSPS) is 12.0. The molecule has 7 nitrogen and oxygen atoms in total. The summed E-state index contributed by atoms with van der Waals surface area (Å²) >= 11 is 7.52. The molecule has 0 spiro atoms. The molecule has 0 saturated heterocycles. The zero-order chi connectivity index (χ0) is 19.6. The molecule has 0 N–H and O–H groups in total. The van der Waals surface area contributed by atoms with E-state index in [1.165, 1.54) is 18.2 Å². The van der Waals surface area contributed by atoms with Crippen molar-refractivity contribution in [2.75, 3.05) is 13.7 Å². The lowest BCUT2D eigenvalue weighted by molar-refractivity contribution is -0.384. The number of carbonyl (C=O) groups is 1. The molecule has 1 atom stereocenters. The molecular weight excluding hydrogens is 390 g/mol. The van der Waals surface area contributed by atoms with Crippen molar-refractivity contribution in [2.24, 2.45) is 0 Å². The summed E-state index contributed by atoms with van der Waals surface area (Å²) in [5.41, 5.74) is 0.763. The molecule has 2 aromatic carbocycles. The summed E-state index contributed by atoms with van der Waals surface area (Å²) in [6, 6.07) is 11.4. The summed E-state index contributed by atoms with van der Waals surface area (Å²) in [5.74, 6) is -0.0344. The van der Waals surface area contributed by atoms with Crippen molar-refractivity contribution in [3.63, 3.8) is 0 Å². The van der Waals surface area contributed by atoms with E-state index in [1.807, 2.05) is 31.2 Å². The predicted molar refractivity (Wildman–Crippen MR) is 104 cm³/mol. The van der Waals surface area contributed by atoms with Crippen LogP contribution in [0.15, 0.2) is 42.5 Å². The maximum absolute atomic E-state index is 12.5. The second-order valence-corrected chi connectivity index (χ2v) is 7.33. The molecule has 0 aliphatic carbocycles. The van der Waals surface area contributed by atoms with Crippen LogP contribution < -0.4 is 4.74 Å². The van der Waals surface area contributed by atoms with Crippen LogP contribution in [0.5, 0.6) is 5.75 Å². The van der Waals surface area contributed by atoms with E-state index in [9.17, 15) is 14.9 Å². The molecule has 0 radical (unpaired) electrons. The smallest absolute Gasteiger partial charge is 0.271 e. The van der Waals surface area contributed by atoms with Gasteiger partial charge in [-0.05, 0) is 25.1 Å². The largest absolute Gasteiger partial charge is 0.482 e. The number of likely N-dealkylation sites (N-methyl/N-ethyl adjacent to an activating group) is 1. The zero-order valence-electron chi connectivity index (χ0n) is 14.6. The number of amides is 1. The highest BCUT2D eigenvalue weighted by Gasteiger charge is 2.21. The number of nitrogens with zero attached hydrogens (tertiary/aromatic N) is 3. The van der Waals surface area contributed by atoms with E-state index in [0.29, 0.717) is 0 Å². The minimum Gasteiger partial charge on any atom is -0.482 e. The number of nitro benzene ring substituents is 1. The molecule has 0 aliphatic heterocycles. The third-order valence-electron chi connectivity index (χ3n) is 4.12. The van der Waals surface area contributed by atoms with Crippen LogP contribution in [0, 0.1) is 10.1 Å². The molecule has 140 valence electrons. The molecule has 1 heterocycles. The highest BCUT2D eigenvalue weighted by Crippen LogP contribution is 2.30. The number of hydrogen-bond donors (Lipinski definition) is 0. The first kappa shape index (κ1) is 19.1. The van der Waals surface area contributed by atoms with Crippen LogP contribution in [0.4, 0.5) is 5.69 Å². The number of aromatic nitrogens is 1. The Morgan fingerprint density at radius 3 is 2.78 bits per heavy atom. The Morgan fingerprint density at radius 1 is 1.37 bits per heavy atom. The van der Waals surface area contributed by atoms with Gasteiger partial charge in [0.15, 0.2) is 6.61 Å². The molecule has 27 heavy (non-hydrogen) atoms. The number of hydrogen-bond acceptors (Lipinski definition) is 6. The standard InChI is InChI=1S/C18H16ClN3O4S/c1-11(18-20-14-5-3-4-6-16(14)27-18)21(2)17(23)10-26-15-8-7-12(22(24)25)9-13(15)19/h3-9,11H,10H2,1-2H3/t11-/m0/s1. The van der Waals surface area contributed by atoms with Gasteiger partial charge < -0.3 is 9.64 Å². The van der Waals surface area contributed by atoms with Crippen molar-refractivity contribution in [3.8, 4) is 5.75 Å². The van der Waals surface area contributed by atoms with E-state index in [-0.39, 0.29) is 35.0 Å². The van der Waals surface area contributed by atoms with Crippen molar-refractivity contribution < 1.29 is 14.5 Å². The first-order valence-electron chi connectivity index (χ1n) is 8.04. The van der Waals surface area contributed by atoms with Crippen LogP contribution in [0.25, 0.3) is 10.2 Å². The average Bonchev–Trinajstić information content (AvgIpc) is 3.09. The number of nitro groups is 1. The quantitative estimate of drug-likeness (QED) is 0.446. The van der Waals surface area contributed by atoms with Gasteiger partial charge >= 0.3 is 0 Å². The zero-order valence-corrected chi connectivity index (χ0v) is 16.2. The highest BCUT2D eigenvalue weighted by atomic mass is 35.5. The first-order chi connectivity index (χ1) is 12.9. The molecule has 0 bridgehead atoms. The Kier molecular flexibility index (Phi) is 5.57. The van der Waals surface area contributed by atoms with E-state index < -0.39 is 4.92 Å². The third kappa shape index (κ3) is 4.17. The van der Waals surface area contributed by atoms with Crippen LogP contribution in [0.1, 0.15) is 18.0 Å². The molecule has 0 unspecified atom stereocenters. The molecule has 3 aromatic rings. The SMILES string of the molecule is C[C@@H](c1nc2ccccc2s1)N(C)C(=O)COc1ccc([N+](=O)[O-])cc1Cl. The van der Waals surface area contributed by atoms with Crippen molar-refractivity contribution in [1.29, 1.82) is 0 Å². The Bertz CT molecular complexity index is 974. The lowest BCUT2D eigenvalue weighted by Crippen LogP contribution is -2.33. The van der Waals surface area contributed by atoms with Gasteiger partial charge in [-0.1, -0.05) is 23.7 Å². The summed E-state index contributed by atoms with van der Waals surface area (Å²) < 4.78 is 6.50. The van der Waals surface area contributed by atoms with Crippen molar-refractivity contribution in [3.05, 3.63) is 62.6 Å². The number of ether oxygens (including phenoxy) is 1. The van der Waals surface area contributed by atoms with Crippen molar-refractivity contribution in [2.45, 2.75) is 13.0 Å². The van der Waals surface area contributed by atoms with Crippen LogP contribution in [0.2, 0.25) is 5.02 Å². The van der Waals surface area contributed by atoms with Gasteiger partial charge in [-0.25, -0.2) is 4.98 Å². The summed E-state index contributed by atoms with van der Waals surface area (Å²) in [6.45, 7) is 1.66. The minimum atomic E-state index is -0.547. The first-order valence-corrected chi connectivity index (χ1v) is 9.24. The summed E-state index contributed by atoms with van der Waals surface area (Å²) in [4.78, 5) is 28.8. The maximum Gasteiger partial charge on any atom is 0.271 e. The number of non-ortho nitro benzene ring substituents is 1. The second kappa shape index (κ2) is 7.89. The van der Waals surface area contributed by atoms with Gasteiger partial charge in [-0.3, -0.25) is 14.9 Å². The van der Waals surface area contributed by atoms with Gasteiger partial charge in [-0.15, -0.1) is 11.3 Å². The van der Waals surface area contributed by atoms with E-state index in [0.717, 1.165) is 15.2 Å².